The Balaban J connectivity index is 0.652. The van der Waals surface area contributed by atoms with E-state index in [4.69, 9.17) is 0 Å². The number of pyridine rings is 2. The molecule has 15 nitrogen and oxygen atoms in total. The molecule has 0 radical (unpaired) electrons. The first kappa shape index (κ1) is 47.0. The molecule has 11 rings (SSSR count). The number of hydrogen-bond acceptors (Lipinski definition) is 10. The molecule has 4 saturated heterocycles. The Labute approximate surface area is 411 Å². The third-order valence-corrected chi connectivity index (χ3v) is 16.6. The zero-order valence-corrected chi connectivity index (χ0v) is 40.8. The molecular weight excluding hydrogens is 907 g/mol. The van der Waals surface area contributed by atoms with Gasteiger partial charge in [-0.1, -0.05) is 12.1 Å². The van der Waals surface area contributed by atoms with E-state index in [0.717, 1.165) is 103 Å². The van der Waals surface area contributed by atoms with Crippen LogP contribution in [0.3, 0.4) is 0 Å². The van der Waals surface area contributed by atoms with Crippen molar-refractivity contribution in [1.29, 1.82) is 0 Å². The molecule has 1 saturated carbocycles. The number of carbonyl (C=O) groups excluding carboxylic acids is 4. The van der Waals surface area contributed by atoms with E-state index in [1.807, 2.05) is 29.8 Å². The summed E-state index contributed by atoms with van der Waals surface area (Å²) in [4.78, 5) is 80.3. The third-order valence-electron chi connectivity index (χ3n) is 16.6. The van der Waals surface area contributed by atoms with E-state index < -0.39 is 29.0 Å². The van der Waals surface area contributed by atoms with Gasteiger partial charge in [-0.05, 0) is 124 Å². The molecule has 0 bridgehead atoms. The highest BCUT2D eigenvalue weighted by atomic mass is 19.1. The Morgan fingerprint density at radius 2 is 1.61 bits per heavy atom. The zero-order valence-electron chi connectivity index (χ0n) is 40.8. The van der Waals surface area contributed by atoms with Gasteiger partial charge in [0, 0.05) is 131 Å². The van der Waals surface area contributed by atoms with E-state index in [1.165, 1.54) is 12.1 Å². The fourth-order valence-corrected chi connectivity index (χ4v) is 12.3. The van der Waals surface area contributed by atoms with Crippen LogP contribution >= 0.6 is 0 Å². The summed E-state index contributed by atoms with van der Waals surface area (Å²) in [6.07, 6.45) is 8.39. The molecule has 2 aromatic carbocycles. The average Bonchev–Trinajstić information content (AvgIpc) is 4.07. The molecule has 71 heavy (non-hydrogen) atoms. The molecule has 17 heteroatoms. The van der Waals surface area contributed by atoms with Gasteiger partial charge in [-0.25, -0.2) is 13.8 Å². The lowest BCUT2D eigenvalue weighted by molar-refractivity contribution is -0.135. The molecule has 372 valence electrons. The smallest absolute Gasteiger partial charge is 0.257 e. The van der Waals surface area contributed by atoms with Gasteiger partial charge in [-0.2, -0.15) is 0 Å². The molecule has 5 fully saturated rings. The van der Waals surface area contributed by atoms with Crippen molar-refractivity contribution in [2.45, 2.75) is 94.8 Å². The van der Waals surface area contributed by atoms with Crippen LogP contribution in [0.5, 0.6) is 0 Å². The third kappa shape index (κ3) is 8.73. The van der Waals surface area contributed by atoms with E-state index in [2.05, 4.69) is 55.4 Å². The molecule has 2 atom stereocenters. The number of piperidine rings is 3. The van der Waals surface area contributed by atoms with Gasteiger partial charge in [0.1, 0.15) is 23.3 Å². The first-order chi connectivity index (χ1) is 34.3. The highest BCUT2D eigenvalue weighted by Gasteiger charge is 2.61. The van der Waals surface area contributed by atoms with Crippen LogP contribution in [0.25, 0.3) is 16.7 Å². The number of rotatable bonds is 11. The summed E-state index contributed by atoms with van der Waals surface area (Å²) in [6.45, 7) is 9.69. The van der Waals surface area contributed by atoms with Gasteiger partial charge < -0.3 is 14.8 Å². The molecule has 6 aliphatic rings. The molecule has 1 spiro atoms. The summed E-state index contributed by atoms with van der Waals surface area (Å²) in [7, 11) is 3.74. The van der Waals surface area contributed by atoms with Crippen LogP contribution in [-0.4, -0.2) is 129 Å². The van der Waals surface area contributed by atoms with Crippen molar-refractivity contribution in [3.8, 4) is 5.69 Å². The van der Waals surface area contributed by atoms with Crippen LogP contribution in [0.1, 0.15) is 97.0 Å². The second kappa shape index (κ2) is 18.7. The minimum Gasteiger partial charge on any atom is -0.388 e. The van der Waals surface area contributed by atoms with Crippen molar-refractivity contribution in [1.82, 2.24) is 39.0 Å². The molecule has 1 aliphatic carbocycles. The summed E-state index contributed by atoms with van der Waals surface area (Å²) in [5.41, 5.74) is 5.67. The van der Waals surface area contributed by atoms with E-state index in [0.29, 0.717) is 63.9 Å². The van der Waals surface area contributed by atoms with Gasteiger partial charge in [-0.3, -0.25) is 53.5 Å². The van der Waals surface area contributed by atoms with Crippen LogP contribution in [0.15, 0.2) is 71.8 Å². The number of piperazine rings is 1. The molecule has 4 amide bonds. The molecule has 2 N–H and O–H groups in total. The van der Waals surface area contributed by atoms with Crippen molar-refractivity contribution in [2.75, 3.05) is 69.6 Å². The van der Waals surface area contributed by atoms with Crippen molar-refractivity contribution in [3.63, 3.8) is 0 Å². The Morgan fingerprint density at radius 1 is 0.845 bits per heavy atom. The van der Waals surface area contributed by atoms with Gasteiger partial charge in [0.25, 0.3) is 11.5 Å². The van der Waals surface area contributed by atoms with Crippen molar-refractivity contribution in [3.05, 3.63) is 117 Å². The van der Waals surface area contributed by atoms with Crippen LogP contribution in [0.4, 0.5) is 20.2 Å². The fourth-order valence-electron chi connectivity index (χ4n) is 12.3. The van der Waals surface area contributed by atoms with E-state index in [1.54, 1.807) is 39.9 Å². The zero-order chi connectivity index (χ0) is 49.3. The van der Waals surface area contributed by atoms with Gasteiger partial charge in [0.05, 0.1) is 11.1 Å². The molecule has 5 aromatic rings. The van der Waals surface area contributed by atoms with E-state index in [-0.39, 0.29) is 46.7 Å². The predicted octanol–water partition coefficient (Wildman–Crippen LogP) is 5.67. The summed E-state index contributed by atoms with van der Waals surface area (Å²) < 4.78 is 35.4. The minimum atomic E-state index is -0.658. The monoisotopic (exact) mass is 968 g/mol. The first-order valence-electron chi connectivity index (χ1n) is 25.4. The van der Waals surface area contributed by atoms with Crippen molar-refractivity contribution in [2.24, 2.45) is 13.0 Å². The quantitative estimate of drug-likeness (QED) is 0.159. The van der Waals surface area contributed by atoms with E-state index >= 15 is 8.78 Å². The van der Waals surface area contributed by atoms with Gasteiger partial charge in [0.15, 0.2) is 0 Å². The number of halogens is 2. The number of benzene rings is 2. The SMILES string of the molecule is CNc1ccn(-c2ccnc3c2cc(CN2CCC(c4c(F)cc(C(=O)N5CCC(CN6CCN(Cc7ccc8c(c7)C7(CC7)C(=O)N8[C@@H]7CCC(=O)NC7=O)C[C@@H]6C)CC5)cc4F)CC2)n3C)c(=O)c1. The number of likely N-dealkylation sites (tertiary alicyclic amines) is 2. The molecule has 0 unspecified atom stereocenters. The number of nitrogens with zero attached hydrogens (tertiary/aromatic N) is 8. The van der Waals surface area contributed by atoms with Gasteiger partial charge >= 0.3 is 0 Å². The number of anilines is 2. The van der Waals surface area contributed by atoms with Gasteiger partial charge in [0.2, 0.25) is 17.7 Å². The summed E-state index contributed by atoms with van der Waals surface area (Å²) in [6, 6.07) is 15.7. The first-order valence-corrected chi connectivity index (χ1v) is 25.4. The number of aryl methyl sites for hydroxylation is 1. The number of hydrogen-bond donors (Lipinski definition) is 2. The second-order valence-corrected chi connectivity index (χ2v) is 20.9. The molecule has 8 heterocycles. The van der Waals surface area contributed by atoms with Crippen molar-refractivity contribution < 1.29 is 28.0 Å². The summed E-state index contributed by atoms with van der Waals surface area (Å²) in [5, 5.41) is 6.28. The van der Waals surface area contributed by atoms with Gasteiger partial charge in [-0.15, -0.1) is 0 Å². The largest absolute Gasteiger partial charge is 0.388 e. The highest BCUT2D eigenvalue weighted by molar-refractivity contribution is 6.15. The molecule has 3 aromatic heterocycles. The number of nitrogens with one attached hydrogen (secondary N) is 2. The van der Waals surface area contributed by atoms with Crippen LogP contribution in [0, 0.1) is 17.6 Å². The maximum atomic E-state index is 15.9. The second-order valence-electron chi connectivity index (χ2n) is 20.9. The lowest BCUT2D eigenvalue weighted by Crippen LogP contribution is -2.54. The Kier molecular flexibility index (Phi) is 12.4. The topological polar surface area (TPSA) is 148 Å². The van der Waals surface area contributed by atoms with E-state index in [9.17, 15) is 24.0 Å². The Bertz CT molecular complexity index is 2980. The number of imide groups is 1. The number of aromatic nitrogens is 3. The number of amides is 4. The van der Waals surface area contributed by atoms with Crippen LogP contribution < -0.4 is 21.1 Å². The maximum Gasteiger partial charge on any atom is 0.257 e. The Hall–Kier alpha value is -6.30. The van der Waals surface area contributed by atoms with Crippen LogP contribution in [0.2, 0.25) is 0 Å². The number of fused-ring (bicyclic) bond motifs is 3. The molecule has 5 aliphatic heterocycles. The number of carbonyl (C=O) groups is 4. The normalized spacial score (nSPS) is 22.4. The fraction of sp³-hybridized carbons (Fsp3) is 0.481. The predicted molar refractivity (Wildman–Crippen MR) is 265 cm³/mol. The minimum absolute atomic E-state index is 0.0184. The standard InChI is InChI=1S/C54H62F2N10O5/c1-33-29-62(30-35-4-5-45-41(24-35)54(14-15-54)53(71)66(45)46-6-7-47(67)59-51(46)69)22-23-64(33)31-34-9-19-63(20-10-34)52(70)37-25-42(55)49(43(56)26-37)36-11-17-61(18-12-36)32-39-28-40-44(8-16-58-50(40)60(39)3)65-21-13-38(57-2)27-48(65)68/h4-5,8,13,16,21,24-28,33-34,36,46,57H,6-7,9-12,14-15,17-20,22-23,29-32H2,1-3H3,(H,59,67,69)/t33-,46+/m0/s1. The average molecular weight is 969 g/mol. The molecular formula is C54H62F2N10O5. The van der Waals surface area contributed by atoms with Crippen molar-refractivity contribution >= 4 is 46.0 Å². The Morgan fingerprint density at radius 3 is 2.30 bits per heavy atom. The maximum absolute atomic E-state index is 15.9. The lowest BCUT2D eigenvalue weighted by Gasteiger charge is -2.42. The lowest BCUT2D eigenvalue weighted by atomic mass is 9.87. The highest BCUT2D eigenvalue weighted by Crippen LogP contribution is 2.58. The summed E-state index contributed by atoms with van der Waals surface area (Å²) in [5.74, 6) is -2.24. The summed E-state index contributed by atoms with van der Waals surface area (Å²) >= 11 is 0. The van der Waals surface area contributed by atoms with Crippen LogP contribution in [-0.2, 0) is 39.9 Å².